The number of aromatic nitrogens is 5. The number of aliphatic hydroxyl groups excluding tert-OH is 1. The fourth-order valence-corrected chi connectivity index (χ4v) is 4.54. The number of anilines is 1. The summed E-state index contributed by atoms with van der Waals surface area (Å²) in [7, 11) is 4.01. The van der Waals surface area contributed by atoms with E-state index in [2.05, 4.69) is 30.7 Å². The van der Waals surface area contributed by atoms with Gasteiger partial charge in [-0.1, -0.05) is 24.3 Å². The van der Waals surface area contributed by atoms with Crippen LogP contribution >= 0.6 is 0 Å². The van der Waals surface area contributed by atoms with Gasteiger partial charge < -0.3 is 10.0 Å². The van der Waals surface area contributed by atoms with E-state index in [-0.39, 0.29) is 12.0 Å². The van der Waals surface area contributed by atoms with Crippen molar-refractivity contribution in [3.05, 3.63) is 81.5 Å². The van der Waals surface area contributed by atoms with Crippen molar-refractivity contribution in [1.29, 1.82) is 0 Å². The van der Waals surface area contributed by atoms with Crippen LogP contribution in [0.25, 0.3) is 10.8 Å². The van der Waals surface area contributed by atoms with Crippen molar-refractivity contribution in [2.45, 2.75) is 31.5 Å². The lowest BCUT2D eigenvalue weighted by atomic mass is 9.89. The molecule has 1 aliphatic heterocycles. The minimum Gasteiger partial charge on any atom is -0.396 e. The average molecular weight is 480 g/mol. The number of aliphatic hydroxyl groups is 1. The highest BCUT2D eigenvalue weighted by atomic mass is 19.1. The van der Waals surface area contributed by atoms with Gasteiger partial charge in [0.1, 0.15) is 24.1 Å². The molecule has 182 valence electrons. The third-order valence-corrected chi connectivity index (χ3v) is 6.03. The third kappa shape index (κ3) is 4.41. The van der Waals surface area contributed by atoms with Crippen molar-refractivity contribution in [3.8, 4) is 0 Å². The van der Waals surface area contributed by atoms with Gasteiger partial charge in [-0.15, -0.1) is 0 Å². The molecule has 0 aliphatic carbocycles. The summed E-state index contributed by atoms with van der Waals surface area (Å²) >= 11 is 0. The number of halogens is 1. The zero-order chi connectivity index (χ0) is 24.5. The van der Waals surface area contributed by atoms with Crippen molar-refractivity contribution in [2.24, 2.45) is 0 Å². The summed E-state index contributed by atoms with van der Waals surface area (Å²) in [6.45, 7) is 1.23. The molecule has 2 aromatic carbocycles. The molecule has 0 spiro atoms. The second kappa shape index (κ2) is 9.53. The molecule has 3 N–H and O–H groups in total. The number of nitrogens with zero attached hydrogens (tertiary/aromatic N) is 5. The Bertz CT molecular complexity index is 1400. The van der Waals surface area contributed by atoms with Crippen LogP contribution in [-0.2, 0) is 17.9 Å². The first-order valence-corrected chi connectivity index (χ1v) is 11.3. The van der Waals surface area contributed by atoms with Crippen LogP contribution in [0, 0.1) is 5.82 Å². The second-order valence-electron chi connectivity index (χ2n) is 8.83. The number of aryl methyl sites for hydroxylation is 1. The molecule has 3 heterocycles. The molecule has 2 atom stereocenters. The molecule has 2 aromatic heterocycles. The molecule has 1 aliphatic rings. The standard InChI is InChI=1S/C24H26FN7O3/c1-31(2)12-14-4-6-15(7-5-14)22-20(23-26-13-27-32(23)8-3-9-33)21-19-17(24(34)29-28-21)10-16(25)11-18(19)30-35-22/h4-7,10-11,13,20,22,30,33H,3,8-9,12H2,1-2H3,(H,29,34). The molecule has 0 fully saturated rings. The van der Waals surface area contributed by atoms with Crippen molar-refractivity contribution in [2.75, 3.05) is 26.2 Å². The molecule has 5 rings (SSSR count). The maximum absolute atomic E-state index is 14.4. The molecule has 0 saturated heterocycles. The van der Waals surface area contributed by atoms with E-state index in [4.69, 9.17) is 4.84 Å². The zero-order valence-electron chi connectivity index (χ0n) is 19.4. The zero-order valence-corrected chi connectivity index (χ0v) is 19.4. The Morgan fingerprint density at radius 3 is 2.77 bits per heavy atom. The van der Waals surface area contributed by atoms with Crippen LogP contribution in [0.4, 0.5) is 10.1 Å². The van der Waals surface area contributed by atoms with Gasteiger partial charge >= 0.3 is 0 Å². The highest BCUT2D eigenvalue weighted by Crippen LogP contribution is 2.44. The number of rotatable bonds is 7. The summed E-state index contributed by atoms with van der Waals surface area (Å²) in [5.41, 5.74) is 5.15. The van der Waals surface area contributed by atoms with Crippen molar-refractivity contribution < 1.29 is 14.3 Å². The van der Waals surface area contributed by atoms with Gasteiger partial charge in [0.15, 0.2) is 0 Å². The second-order valence-corrected chi connectivity index (χ2v) is 8.83. The summed E-state index contributed by atoms with van der Waals surface area (Å²) in [5, 5.41) is 21.2. The van der Waals surface area contributed by atoms with Gasteiger partial charge in [0.2, 0.25) is 0 Å². The predicted molar refractivity (Wildman–Crippen MR) is 127 cm³/mol. The van der Waals surface area contributed by atoms with Gasteiger partial charge in [0.05, 0.1) is 22.7 Å². The summed E-state index contributed by atoms with van der Waals surface area (Å²) in [6.07, 6.45) is 1.30. The summed E-state index contributed by atoms with van der Waals surface area (Å²) < 4.78 is 16.1. The van der Waals surface area contributed by atoms with Crippen LogP contribution in [0.15, 0.2) is 47.5 Å². The fraction of sp³-hybridized carbons (Fsp3) is 0.333. The highest BCUT2D eigenvalue weighted by molar-refractivity contribution is 5.95. The van der Waals surface area contributed by atoms with Crippen LogP contribution in [0.3, 0.4) is 0 Å². The number of nitrogens with one attached hydrogen (secondary N) is 2. The molecule has 11 heteroatoms. The first kappa shape index (κ1) is 23.1. The molecular weight excluding hydrogens is 453 g/mol. The van der Waals surface area contributed by atoms with Gasteiger partial charge in [-0.2, -0.15) is 10.2 Å². The maximum atomic E-state index is 14.4. The van der Waals surface area contributed by atoms with Crippen LogP contribution in [0.5, 0.6) is 0 Å². The highest BCUT2D eigenvalue weighted by Gasteiger charge is 2.37. The summed E-state index contributed by atoms with van der Waals surface area (Å²) in [4.78, 5) is 25.3. The Balaban J connectivity index is 1.70. The number of hydrogen-bond acceptors (Lipinski definition) is 8. The Morgan fingerprint density at radius 1 is 1.23 bits per heavy atom. The van der Waals surface area contributed by atoms with Gasteiger partial charge in [-0.25, -0.2) is 19.2 Å². The van der Waals surface area contributed by atoms with Gasteiger partial charge in [0.25, 0.3) is 5.56 Å². The minimum absolute atomic E-state index is 0.00203. The maximum Gasteiger partial charge on any atom is 0.272 e. The Kier molecular flexibility index (Phi) is 6.29. The Morgan fingerprint density at radius 2 is 2.03 bits per heavy atom. The molecular formula is C24H26FN7O3. The van der Waals surface area contributed by atoms with Crippen LogP contribution in [0.1, 0.15) is 41.1 Å². The lowest BCUT2D eigenvalue weighted by Crippen LogP contribution is -2.23. The summed E-state index contributed by atoms with van der Waals surface area (Å²) in [5.74, 6) is -0.601. The monoisotopic (exact) mass is 479 g/mol. The van der Waals surface area contributed by atoms with Crippen LogP contribution in [-0.4, -0.2) is 55.7 Å². The fourth-order valence-electron chi connectivity index (χ4n) is 4.54. The first-order chi connectivity index (χ1) is 17.0. The smallest absolute Gasteiger partial charge is 0.272 e. The van der Waals surface area contributed by atoms with E-state index in [9.17, 15) is 14.3 Å². The SMILES string of the molecule is CN(C)Cc1ccc(C2ONc3cc(F)cc4c(=O)[nH]nc(c34)C2c2ncnn2CCCO)cc1. The third-order valence-electron chi connectivity index (χ3n) is 6.03. The average Bonchev–Trinajstić information content (AvgIpc) is 3.23. The predicted octanol–water partition coefficient (Wildman–Crippen LogP) is 2.33. The molecule has 0 amide bonds. The van der Waals surface area contributed by atoms with Crippen LogP contribution < -0.4 is 11.0 Å². The van der Waals surface area contributed by atoms with Gasteiger partial charge in [-0.05, 0) is 43.8 Å². The summed E-state index contributed by atoms with van der Waals surface area (Å²) in [6, 6.07) is 10.5. The Hall–Kier alpha value is -3.67. The number of H-pyrrole nitrogens is 1. The lowest BCUT2D eigenvalue weighted by Gasteiger charge is -2.25. The molecule has 0 saturated carbocycles. The Labute approximate surface area is 200 Å². The van der Waals surface area contributed by atoms with Crippen LogP contribution in [0.2, 0.25) is 0 Å². The lowest BCUT2D eigenvalue weighted by molar-refractivity contribution is 0.0843. The largest absolute Gasteiger partial charge is 0.396 e. The molecule has 10 nitrogen and oxygen atoms in total. The van der Waals surface area contributed by atoms with E-state index < -0.39 is 23.4 Å². The van der Waals surface area contributed by atoms with E-state index in [0.717, 1.165) is 17.7 Å². The first-order valence-electron chi connectivity index (χ1n) is 11.3. The van der Waals surface area contributed by atoms with E-state index in [1.807, 2.05) is 38.4 Å². The molecule has 0 bridgehead atoms. The molecule has 35 heavy (non-hydrogen) atoms. The van der Waals surface area contributed by atoms with E-state index in [1.165, 1.54) is 18.5 Å². The molecule has 0 radical (unpaired) electrons. The minimum atomic E-state index is -0.627. The van der Waals surface area contributed by atoms with Crippen molar-refractivity contribution in [1.82, 2.24) is 29.9 Å². The van der Waals surface area contributed by atoms with E-state index in [1.54, 1.807) is 4.68 Å². The van der Waals surface area contributed by atoms with Crippen molar-refractivity contribution >= 4 is 16.5 Å². The number of hydrogen-bond donors (Lipinski definition) is 3. The normalized spacial score (nSPS) is 17.5. The molecule has 2 unspecified atom stereocenters. The van der Waals surface area contributed by atoms with Crippen molar-refractivity contribution in [3.63, 3.8) is 0 Å². The van der Waals surface area contributed by atoms with Gasteiger partial charge in [0, 0.05) is 25.1 Å². The van der Waals surface area contributed by atoms with Gasteiger partial charge in [-0.3, -0.25) is 15.1 Å². The quantitative estimate of drug-likeness (QED) is 0.369. The number of benzene rings is 2. The number of aromatic amines is 1. The topological polar surface area (TPSA) is 121 Å². The van der Waals surface area contributed by atoms with E-state index >= 15 is 0 Å². The van der Waals surface area contributed by atoms with E-state index in [0.29, 0.717) is 35.6 Å². The molecule has 4 aromatic rings.